The van der Waals surface area contributed by atoms with Gasteiger partial charge in [0.1, 0.15) is 0 Å². The minimum atomic E-state index is -0.189. The van der Waals surface area contributed by atoms with Gasteiger partial charge in [0, 0.05) is 18.3 Å². The van der Waals surface area contributed by atoms with Gasteiger partial charge in [0.05, 0.1) is 0 Å². The van der Waals surface area contributed by atoms with Crippen molar-refractivity contribution in [3.8, 4) is 0 Å². The molecule has 0 radical (unpaired) electrons. The molecular weight excluding hydrogens is 226 g/mol. The van der Waals surface area contributed by atoms with Crippen LogP contribution in [0.15, 0.2) is 24.3 Å². The summed E-state index contributed by atoms with van der Waals surface area (Å²) in [5.74, 6) is 0. The van der Waals surface area contributed by atoms with E-state index >= 15 is 0 Å². The first-order valence-electron chi connectivity index (χ1n) is 6.50. The third-order valence-corrected chi connectivity index (χ3v) is 2.84. The van der Waals surface area contributed by atoms with Gasteiger partial charge in [-0.1, -0.05) is 37.5 Å². The number of aryl methyl sites for hydroxylation is 1. The molecule has 18 heavy (non-hydrogen) atoms. The maximum atomic E-state index is 11.8. The van der Waals surface area contributed by atoms with Gasteiger partial charge in [-0.25, -0.2) is 4.79 Å². The van der Waals surface area contributed by atoms with E-state index in [0.29, 0.717) is 6.54 Å². The summed E-state index contributed by atoms with van der Waals surface area (Å²) in [4.78, 5) is 11.8. The molecule has 1 unspecified atom stereocenters. The lowest BCUT2D eigenvalue weighted by molar-refractivity contribution is 0.247. The molecule has 0 aromatic heterocycles. The maximum absolute atomic E-state index is 11.8. The number of hydrogen-bond acceptors (Lipinski definition) is 2. The highest BCUT2D eigenvalue weighted by Crippen LogP contribution is 2.08. The van der Waals surface area contributed by atoms with Gasteiger partial charge in [-0.15, -0.1) is 0 Å². The summed E-state index contributed by atoms with van der Waals surface area (Å²) < 4.78 is 0. The number of unbranched alkanes of at least 4 members (excludes halogenated alkanes) is 1. The summed E-state index contributed by atoms with van der Waals surface area (Å²) in [6, 6.07) is 7.57. The van der Waals surface area contributed by atoms with E-state index in [4.69, 9.17) is 5.73 Å². The van der Waals surface area contributed by atoms with Crippen LogP contribution in [0.3, 0.4) is 0 Å². The van der Waals surface area contributed by atoms with Crippen molar-refractivity contribution in [3.05, 3.63) is 29.8 Å². The molecule has 0 saturated heterocycles. The van der Waals surface area contributed by atoms with Crippen LogP contribution in [0.5, 0.6) is 0 Å². The molecule has 0 aliphatic rings. The van der Waals surface area contributed by atoms with Gasteiger partial charge >= 0.3 is 6.03 Å². The largest absolute Gasteiger partial charge is 0.334 e. The van der Waals surface area contributed by atoms with E-state index in [9.17, 15) is 4.79 Å². The van der Waals surface area contributed by atoms with Crippen LogP contribution in [0, 0.1) is 6.92 Å². The van der Waals surface area contributed by atoms with E-state index in [0.717, 1.165) is 24.9 Å². The van der Waals surface area contributed by atoms with Crippen LogP contribution in [-0.4, -0.2) is 18.6 Å². The van der Waals surface area contributed by atoms with Gasteiger partial charge in [-0.2, -0.15) is 0 Å². The van der Waals surface area contributed by atoms with Crippen molar-refractivity contribution in [1.29, 1.82) is 0 Å². The van der Waals surface area contributed by atoms with Gasteiger partial charge in [-0.05, 0) is 25.5 Å². The minimum absolute atomic E-state index is 0.0513. The quantitative estimate of drug-likeness (QED) is 0.725. The highest BCUT2D eigenvalue weighted by molar-refractivity contribution is 5.89. The number of urea groups is 1. The number of benzene rings is 1. The first-order chi connectivity index (χ1) is 8.65. The zero-order valence-corrected chi connectivity index (χ0v) is 11.2. The Hall–Kier alpha value is -1.55. The first-order valence-corrected chi connectivity index (χ1v) is 6.50. The molecule has 1 atom stereocenters. The fourth-order valence-corrected chi connectivity index (χ4v) is 1.69. The van der Waals surface area contributed by atoms with Crippen LogP contribution < -0.4 is 16.4 Å². The van der Waals surface area contributed by atoms with Crippen LogP contribution in [0.4, 0.5) is 10.5 Å². The molecule has 0 spiro atoms. The third kappa shape index (κ3) is 5.19. The molecule has 1 rings (SSSR count). The molecule has 0 fully saturated rings. The number of nitrogens with one attached hydrogen (secondary N) is 2. The molecule has 4 heteroatoms. The van der Waals surface area contributed by atoms with Crippen molar-refractivity contribution >= 4 is 11.7 Å². The fraction of sp³-hybridized carbons (Fsp3) is 0.500. The Morgan fingerprint density at radius 3 is 2.56 bits per heavy atom. The lowest BCUT2D eigenvalue weighted by atomic mass is 10.1. The number of amides is 2. The molecule has 100 valence electrons. The SMILES string of the molecule is CCCCC(CN)NC(=O)Nc1ccc(C)cc1. The Bertz CT molecular complexity index is 362. The summed E-state index contributed by atoms with van der Waals surface area (Å²) in [5.41, 5.74) is 7.60. The summed E-state index contributed by atoms with van der Waals surface area (Å²) >= 11 is 0. The number of hydrogen-bond donors (Lipinski definition) is 3. The lowest BCUT2D eigenvalue weighted by Crippen LogP contribution is -2.42. The van der Waals surface area contributed by atoms with Gasteiger partial charge in [0.25, 0.3) is 0 Å². The molecule has 0 aliphatic heterocycles. The summed E-state index contributed by atoms with van der Waals surface area (Å²) in [7, 11) is 0. The molecule has 0 bridgehead atoms. The predicted molar refractivity (Wildman–Crippen MR) is 75.7 cm³/mol. The standard InChI is InChI=1S/C14H23N3O/c1-3-4-5-13(10-15)17-14(18)16-12-8-6-11(2)7-9-12/h6-9,13H,3-5,10,15H2,1-2H3,(H2,16,17,18). The summed E-state index contributed by atoms with van der Waals surface area (Å²) in [6.45, 7) is 4.61. The Balaban J connectivity index is 2.42. The predicted octanol–water partition coefficient (Wildman–Crippen LogP) is 2.63. The highest BCUT2D eigenvalue weighted by atomic mass is 16.2. The number of rotatable bonds is 6. The number of anilines is 1. The van der Waals surface area contributed by atoms with E-state index in [2.05, 4.69) is 17.6 Å². The van der Waals surface area contributed by atoms with E-state index in [1.165, 1.54) is 5.56 Å². The molecular formula is C14H23N3O. The second kappa shape index (κ2) is 7.71. The van der Waals surface area contributed by atoms with Gasteiger partial charge in [0.15, 0.2) is 0 Å². The Morgan fingerprint density at radius 1 is 1.33 bits per heavy atom. The van der Waals surface area contributed by atoms with Crippen LogP contribution in [0.2, 0.25) is 0 Å². The monoisotopic (exact) mass is 249 g/mol. The molecule has 1 aromatic carbocycles. The van der Waals surface area contributed by atoms with Gasteiger partial charge in [-0.3, -0.25) is 0 Å². The number of carbonyl (C=O) groups is 1. The zero-order valence-electron chi connectivity index (χ0n) is 11.2. The van der Waals surface area contributed by atoms with E-state index < -0.39 is 0 Å². The fourth-order valence-electron chi connectivity index (χ4n) is 1.69. The van der Waals surface area contributed by atoms with Crippen molar-refractivity contribution in [2.45, 2.75) is 39.2 Å². The van der Waals surface area contributed by atoms with Crippen molar-refractivity contribution in [2.75, 3.05) is 11.9 Å². The third-order valence-electron chi connectivity index (χ3n) is 2.84. The minimum Gasteiger partial charge on any atom is -0.334 e. The van der Waals surface area contributed by atoms with Crippen LogP contribution in [0.25, 0.3) is 0 Å². The van der Waals surface area contributed by atoms with Crippen molar-refractivity contribution < 1.29 is 4.79 Å². The number of nitrogens with two attached hydrogens (primary N) is 1. The molecule has 0 heterocycles. The molecule has 4 nitrogen and oxygen atoms in total. The Morgan fingerprint density at radius 2 is 2.00 bits per heavy atom. The van der Waals surface area contributed by atoms with Crippen molar-refractivity contribution in [3.63, 3.8) is 0 Å². The number of carbonyl (C=O) groups excluding carboxylic acids is 1. The van der Waals surface area contributed by atoms with E-state index in [-0.39, 0.29) is 12.1 Å². The van der Waals surface area contributed by atoms with Crippen molar-refractivity contribution in [1.82, 2.24) is 5.32 Å². The van der Waals surface area contributed by atoms with Crippen LogP contribution >= 0.6 is 0 Å². The highest BCUT2D eigenvalue weighted by Gasteiger charge is 2.09. The average molecular weight is 249 g/mol. The summed E-state index contributed by atoms with van der Waals surface area (Å²) in [5, 5.41) is 5.69. The van der Waals surface area contributed by atoms with E-state index in [1.807, 2.05) is 31.2 Å². The first kappa shape index (κ1) is 14.5. The van der Waals surface area contributed by atoms with Crippen LogP contribution in [0.1, 0.15) is 31.7 Å². The second-order valence-electron chi connectivity index (χ2n) is 4.54. The second-order valence-corrected chi connectivity index (χ2v) is 4.54. The lowest BCUT2D eigenvalue weighted by Gasteiger charge is -2.17. The average Bonchev–Trinajstić information content (AvgIpc) is 2.37. The molecule has 4 N–H and O–H groups in total. The van der Waals surface area contributed by atoms with Gasteiger partial charge in [0.2, 0.25) is 0 Å². The van der Waals surface area contributed by atoms with E-state index in [1.54, 1.807) is 0 Å². The van der Waals surface area contributed by atoms with Crippen molar-refractivity contribution in [2.24, 2.45) is 5.73 Å². The van der Waals surface area contributed by atoms with Crippen LogP contribution in [-0.2, 0) is 0 Å². The van der Waals surface area contributed by atoms with Gasteiger partial charge < -0.3 is 16.4 Å². The Kier molecular flexibility index (Phi) is 6.22. The molecule has 0 saturated carbocycles. The Labute approximate surface area is 109 Å². The molecule has 1 aromatic rings. The smallest absolute Gasteiger partial charge is 0.319 e. The molecule has 0 aliphatic carbocycles. The normalized spacial score (nSPS) is 11.9. The maximum Gasteiger partial charge on any atom is 0.319 e. The summed E-state index contributed by atoms with van der Waals surface area (Å²) in [6.07, 6.45) is 3.11. The zero-order chi connectivity index (χ0) is 13.4. The topological polar surface area (TPSA) is 67.1 Å². The molecule has 2 amide bonds.